The van der Waals surface area contributed by atoms with E-state index in [4.69, 9.17) is 0 Å². The summed E-state index contributed by atoms with van der Waals surface area (Å²) in [5.41, 5.74) is 3.44. The molecular weight excluding hydrogens is 359 g/mol. The van der Waals surface area contributed by atoms with Crippen molar-refractivity contribution >= 4 is 0 Å². The third-order valence-corrected chi connectivity index (χ3v) is 6.72. The summed E-state index contributed by atoms with van der Waals surface area (Å²) in [6.45, 7) is 4.52. The van der Waals surface area contributed by atoms with E-state index in [1.54, 1.807) is 6.07 Å². The minimum atomic E-state index is -0.102. The molecule has 1 fully saturated rings. The van der Waals surface area contributed by atoms with Crippen molar-refractivity contribution in [1.29, 1.82) is 0 Å². The topological polar surface area (TPSA) is 25.8 Å². The van der Waals surface area contributed by atoms with Crippen LogP contribution in [0.25, 0.3) is 11.3 Å². The number of rotatable bonds is 10. The van der Waals surface area contributed by atoms with Crippen LogP contribution in [0.2, 0.25) is 0 Å². The first-order valence-electron chi connectivity index (χ1n) is 11.8. The van der Waals surface area contributed by atoms with Crippen molar-refractivity contribution in [3.8, 4) is 11.3 Å². The van der Waals surface area contributed by atoms with Crippen molar-refractivity contribution in [2.45, 2.75) is 90.9 Å². The first-order chi connectivity index (χ1) is 14.2. The third-order valence-electron chi connectivity index (χ3n) is 6.72. The van der Waals surface area contributed by atoms with E-state index in [-0.39, 0.29) is 5.82 Å². The highest BCUT2D eigenvalue weighted by molar-refractivity contribution is 5.59. The Morgan fingerprint density at radius 1 is 0.862 bits per heavy atom. The van der Waals surface area contributed by atoms with E-state index in [2.05, 4.69) is 24.0 Å². The van der Waals surface area contributed by atoms with Crippen molar-refractivity contribution in [2.24, 2.45) is 11.8 Å². The first-order valence-corrected chi connectivity index (χ1v) is 11.8. The van der Waals surface area contributed by atoms with E-state index >= 15 is 0 Å². The monoisotopic (exact) mass is 396 g/mol. The number of halogens is 1. The van der Waals surface area contributed by atoms with Gasteiger partial charge in [0.1, 0.15) is 5.82 Å². The number of aryl methyl sites for hydroxylation is 2. The minimum absolute atomic E-state index is 0.102. The van der Waals surface area contributed by atoms with Crippen LogP contribution in [-0.2, 0) is 12.8 Å². The quantitative estimate of drug-likeness (QED) is 0.387. The van der Waals surface area contributed by atoms with Crippen molar-refractivity contribution in [2.75, 3.05) is 0 Å². The number of benzene rings is 1. The number of hydrogen-bond acceptors (Lipinski definition) is 2. The standard InChI is InChI=1S/C26H37FN2/c1-3-5-6-7-8-24-17-18-26(29-28-24)23-16-15-22(25(27)19-23)14-13-21-11-9-20(4-2)10-12-21/h15-21H,3-14H2,1-2H3. The van der Waals surface area contributed by atoms with E-state index in [0.29, 0.717) is 0 Å². The SMILES string of the molecule is CCCCCCc1ccc(-c2ccc(CCC3CCC(CC)CC3)c(F)c2)nn1. The van der Waals surface area contributed by atoms with Gasteiger partial charge in [-0.15, -0.1) is 0 Å². The van der Waals surface area contributed by atoms with Gasteiger partial charge in [0.25, 0.3) is 0 Å². The van der Waals surface area contributed by atoms with E-state index < -0.39 is 0 Å². The lowest BCUT2D eigenvalue weighted by molar-refractivity contribution is 0.258. The molecule has 1 heterocycles. The van der Waals surface area contributed by atoms with Crippen LogP contribution in [0.1, 0.15) is 89.3 Å². The molecule has 1 aromatic carbocycles. The fraction of sp³-hybridized carbons (Fsp3) is 0.615. The van der Waals surface area contributed by atoms with Gasteiger partial charge in [0.15, 0.2) is 0 Å². The number of nitrogens with zero attached hydrogens (tertiary/aromatic N) is 2. The maximum Gasteiger partial charge on any atom is 0.127 e. The smallest absolute Gasteiger partial charge is 0.127 e. The third kappa shape index (κ3) is 6.62. The highest BCUT2D eigenvalue weighted by Gasteiger charge is 2.20. The molecule has 2 aromatic rings. The molecule has 3 rings (SSSR count). The summed E-state index contributed by atoms with van der Waals surface area (Å²) in [7, 11) is 0. The van der Waals surface area contributed by atoms with Crippen LogP contribution in [0.5, 0.6) is 0 Å². The molecule has 0 spiro atoms. The van der Waals surface area contributed by atoms with Gasteiger partial charge >= 0.3 is 0 Å². The molecule has 3 heteroatoms. The first kappa shape index (κ1) is 21.9. The number of unbranched alkanes of at least 4 members (excludes halogenated alkanes) is 3. The van der Waals surface area contributed by atoms with Gasteiger partial charge < -0.3 is 0 Å². The molecule has 0 unspecified atom stereocenters. The Bertz CT molecular complexity index is 733. The Labute approximate surface area is 176 Å². The molecule has 158 valence electrons. The predicted molar refractivity (Wildman–Crippen MR) is 119 cm³/mol. The summed E-state index contributed by atoms with van der Waals surface area (Å²) < 4.78 is 14.7. The normalized spacial score (nSPS) is 19.4. The van der Waals surface area contributed by atoms with Gasteiger partial charge in [-0.1, -0.05) is 77.3 Å². The Hall–Kier alpha value is -1.77. The van der Waals surface area contributed by atoms with Crippen molar-refractivity contribution in [1.82, 2.24) is 10.2 Å². The van der Waals surface area contributed by atoms with E-state index in [1.165, 1.54) is 51.4 Å². The lowest BCUT2D eigenvalue weighted by Crippen LogP contribution is -2.14. The molecule has 2 nitrogen and oxygen atoms in total. The molecule has 1 aliphatic rings. The number of aromatic nitrogens is 2. The van der Waals surface area contributed by atoms with Crippen LogP contribution in [0.4, 0.5) is 4.39 Å². The molecule has 1 saturated carbocycles. The van der Waals surface area contributed by atoms with E-state index in [9.17, 15) is 4.39 Å². The van der Waals surface area contributed by atoms with Gasteiger partial charge in [0.05, 0.1) is 11.4 Å². The molecule has 0 saturated heterocycles. The molecule has 1 aliphatic carbocycles. The molecule has 29 heavy (non-hydrogen) atoms. The lowest BCUT2D eigenvalue weighted by atomic mass is 9.78. The zero-order valence-corrected chi connectivity index (χ0v) is 18.3. The molecule has 0 amide bonds. The van der Waals surface area contributed by atoms with Crippen LogP contribution in [0.3, 0.4) is 0 Å². The van der Waals surface area contributed by atoms with Crippen LogP contribution in [0, 0.1) is 17.7 Å². The zero-order chi connectivity index (χ0) is 20.5. The van der Waals surface area contributed by atoms with E-state index in [1.807, 2.05) is 24.3 Å². The second kappa shape index (κ2) is 11.4. The Morgan fingerprint density at radius 2 is 1.66 bits per heavy atom. The Balaban J connectivity index is 1.52. The molecule has 0 aliphatic heterocycles. The van der Waals surface area contributed by atoms with Gasteiger partial charge in [-0.05, 0) is 61.3 Å². The Morgan fingerprint density at radius 3 is 2.31 bits per heavy atom. The number of hydrogen-bond donors (Lipinski definition) is 0. The maximum atomic E-state index is 14.7. The fourth-order valence-corrected chi connectivity index (χ4v) is 4.58. The van der Waals surface area contributed by atoms with E-state index in [0.717, 1.165) is 60.0 Å². The minimum Gasteiger partial charge on any atom is -0.207 e. The second-order valence-electron chi connectivity index (χ2n) is 8.86. The van der Waals surface area contributed by atoms with Gasteiger partial charge in [-0.3, -0.25) is 0 Å². The Kier molecular flexibility index (Phi) is 8.64. The zero-order valence-electron chi connectivity index (χ0n) is 18.3. The largest absolute Gasteiger partial charge is 0.207 e. The van der Waals surface area contributed by atoms with Crippen LogP contribution < -0.4 is 0 Å². The summed E-state index contributed by atoms with van der Waals surface area (Å²) in [5, 5.41) is 8.68. The summed E-state index contributed by atoms with van der Waals surface area (Å²) in [4.78, 5) is 0. The maximum absolute atomic E-state index is 14.7. The van der Waals surface area contributed by atoms with Crippen molar-refractivity contribution in [3.05, 3.63) is 47.4 Å². The molecule has 1 aromatic heterocycles. The molecule has 0 bridgehead atoms. The predicted octanol–water partition coefficient (Wildman–Crippen LogP) is 7.55. The van der Waals surface area contributed by atoms with Crippen molar-refractivity contribution in [3.63, 3.8) is 0 Å². The average molecular weight is 397 g/mol. The summed E-state index contributed by atoms with van der Waals surface area (Å²) in [6.07, 6.45) is 14.5. The average Bonchev–Trinajstić information content (AvgIpc) is 2.77. The van der Waals surface area contributed by atoms with Gasteiger partial charge in [-0.2, -0.15) is 10.2 Å². The molecule has 0 atom stereocenters. The van der Waals surface area contributed by atoms with Gasteiger partial charge in [0, 0.05) is 5.56 Å². The van der Waals surface area contributed by atoms with Crippen molar-refractivity contribution < 1.29 is 4.39 Å². The van der Waals surface area contributed by atoms with Gasteiger partial charge in [0.2, 0.25) is 0 Å². The second-order valence-corrected chi connectivity index (χ2v) is 8.86. The van der Waals surface area contributed by atoms with Crippen LogP contribution in [-0.4, -0.2) is 10.2 Å². The summed E-state index contributed by atoms with van der Waals surface area (Å²) in [5.74, 6) is 1.59. The van der Waals surface area contributed by atoms with Crippen LogP contribution in [0.15, 0.2) is 30.3 Å². The molecule has 0 radical (unpaired) electrons. The lowest BCUT2D eigenvalue weighted by Gasteiger charge is -2.27. The molecule has 0 N–H and O–H groups in total. The summed E-state index contributed by atoms with van der Waals surface area (Å²) in [6, 6.07) is 9.59. The highest BCUT2D eigenvalue weighted by Crippen LogP contribution is 2.33. The summed E-state index contributed by atoms with van der Waals surface area (Å²) >= 11 is 0. The van der Waals surface area contributed by atoms with Crippen LogP contribution >= 0.6 is 0 Å². The highest BCUT2D eigenvalue weighted by atomic mass is 19.1. The van der Waals surface area contributed by atoms with Gasteiger partial charge in [-0.25, -0.2) is 4.39 Å². The molecular formula is C26H37FN2. The fourth-order valence-electron chi connectivity index (χ4n) is 4.58.